The number of aromatic hydroxyl groups is 1. The fraction of sp³-hybridized carbons (Fsp3) is 0.133. The highest BCUT2D eigenvalue weighted by Crippen LogP contribution is 2.28. The second kappa shape index (κ2) is 5.52. The Kier molecular flexibility index (Phi) is 3.79. The van der Waals surface area contributed by atoms with Crippen molar-refractivity contribution in [2.75, 3.05) is 18.2 Å². The molecular formula is C15H16N2O3. The molecule has 0 aliphatic rings. The van der Waals surface area contributed by atoms with Gasteiger partial charge in [-0.05, 0) is 36.8 Å². The lowest BCUT2D eigenvalue weighted by Crippen LogP contribution is -2.12. The quantitative estimate of drug-likeness (QED) is 0.750. The Bertz CT molecular complexity index is 654. The fourth-order valence-electron chi connectivity index (χ4n) is 1.75. The number of nitrogen functional groups attached to an aromatic ring is 1. The van der Waals surface area contributed by atoms with Crippen LogP contribution in [0.4, 0.5) is 11.4 Å². The number of nitrogens with one attached hydrogen (secondary N) is 1. The normalized spacial score (nSPS) is 10.1. The van der Waals surface area contributed by atoms with E-state index in [1.54, 1.807) is 30.3 Å². The van der Waals surface area contributed by atoms with Crippen LogP contribution in [0.15, 0.2) is 36.4 Å². The number of rotatable bonds is 3. The molecule has 2 aromatic carbocycles. The fourth-order valence-corrected chi connectivity index (χ4v) is 1.75. The second-order valence-corrected chi connectivity index (χ2v) is 4.41. The molecule has 0 radical (unpaired) electrons. The molecular weight excluding hydrogens is 256 g/mol. The maximum atomic E-state index is 12.1. The highest BCUT2D eigenvalue weighted by atomic mass is 16.5. The first kappa shape index (κ1) is 13.7. The van der Waals surface area contributed by atoms with Crippen LogP contribution < -0.4 is 15.8 Å². The van der Waals surface area contributed by atoms with Gasteiger partial charge in [-0.3, -0.25) is 4.79 Å². The molecule has 0 atom stereocenters. The summed E-state index contributed by atoms with van der Waals surface area (Å²) in [6.45, 7) is 1.87. The van der Waals surface area contributed by atoms with Gasteiger partial charge in [0, 0.05) is 23.0 Å². The lowest BCUT2D eigenvalue weighted by molar-refractivity contribution is 0.102. The molecule has 0 heterocycles. The molecule has 104 valence electrons. The van der Waals surface area contributed by atoms with Crippen LogP contribution in [0, 0.1) is 6.92 Å². The summed E-state index contributed by atoms with van der Waals surface area (Å²) >= 11 is 0. The van der Waals surface area contributed by atoms with E-state index in [0.717, 1.165) is 5.56 Å². The Morgan fingerprint density at radius 2 is 2.00 bits per heavy atom. The predicted octanol–water partition coefficient (Wildman–Crippen LogP) is 2.54. The second-order valence-electron chi connectivity index (χ2n) is 4.41. The predicted molar refractivity (Wildman–Crippen MR) is 78.2 cm³/mol. The van der Waals surface area contributed by atoms with Crippen LogP contribution in [0.25, 0.3) is 0 Å². The Morgan fingerprint density at radius 3 is 2.60 bits per heavy atom. The van der Waals surface area contributed by atoms with E-state index in [9.17, 15) is 9.90 Å². The first-order valence-corrected chi connectivity index (χ1v) is 6.05. The van der Waals surface area contributed by atoms with E-state index in [1.807, 2.05) is 6.92 Å². The number of amides is 1. The van der Waals surface area contributed by atoms with E-state index in [4.69, 9.17) is 10.5 Å². The molecule has 5 heteroatoms. The Morgan fingerprint density at radius 1 is 1.25 bits per heavy atom. The summed E-state index contributed by atoms with van der Waals surface area (Å²) in [6, 6.07) is 9.75. The third-order valence-corrected chi connectivity index (χ3v) is 2.98. The van der Waals surface area contributed by atoms with Crippen LogP contribution in [0.2, 0.25) is 0 Å². The monoisotopic (exact) mass is 272 g/mol. The van der Waals surface area contributed by atoms with Crippen LogP contribution in [-0.2, 0) is 0 Å². The van der Waals surface area contributed by atoms with Crippen molar-refractivity contribution in [3.63, 3.8) is 0 Å². The third-order valence-electron chi connectivity index (χ3n) is 2.98. The highest BCUT2D eigenvalue weighted by molar-refractivity contribution is 6.05. The number of carbonyl (C=O) groups is 1. The van der Waals surface area contributed by atoms with Crippen molar-refractivity contribution in [1.29, 1.82) is 0 Å². The van der Waals surface area contributed by atoms with Gasteiger partial charge < -0.3 is 20.9 Å². The molecule has 0 aliphatic carbocycles. The smallest absolute Gasteiger partial charge is 0.255 e. The first-order chi connectivity index (χ1) is 9.51. The van der Waals surface area contributed by atoms with Crippen LogP contribution in [-0.4, -0.2) is 18.1 Å². The SMILES string of the molecule is COc1ccc(NC(=O)c2ccc(C)c(N)c2)cc1O. The zero-order chi connectivity index (χ0) is 14.7. The topological polar surface area (TPSA) is 84.6 Å². The zero-order valence-electron chi connectivity index (χ0n) is 11.3. The number of phenols is 1. The lowest BCUT2D eigenvalue weighted by Gasteiger charge is -2.09. The van der Waals surface area contributed by atoms with Gasteiger partial charge in [0.2, 0.25) is 0 Å². The molecule has 0 unspecified atom stereocenters. The third kappa shape index (κ3) is 2.83. The lowest BCUT2D eigenvalue weighted by atomic mass is 10.1. The molecule has 0 aliphatic heterocycles. The number of aryl methyl sites for hydroxylation is 1. The van der Waals surface area contributed by atoms with Gasteiger partial charge in [-0.25, -0.2) is 0 Å². The van der Waals surface area contributed by atoms with Gasteiger partial charge in [0.05, 0.1) is 7.11 Å². The molecule has 0 aromatic heterocycles. The number of anilines is 2. The average Bonchev–Trinajstić information content (AvgIpc) is 2.42. The maximum absolute atomic E-state index is 12.1. The number of hydrogen-bond donors (Lipinski definition) is 3. The van der Waals surface area contributed by atoms with E-state index in [-0.39, 0.29) is 11.7 Å². The molecule has 0 fully saturated rings. The zero-order valence-corrected chi connectivity index (χ0v) is 11.3. The number of phenolic OH excluding ortho intramolecular Hbond substituents is 1. The molecule has 2 aromatic rings. The van der Waals surface area contributed by atoms with Crippen molar-refractivity contribution >= 4 is 17.3 Å². The van der Waals surface area contributed by atoms with Gasteiger partial charge in [0.15, 0.2) is 11.5 Å². The molecule has 0 bridgehead atoms. The summed E-state index contributed by atoms with van der Waals surface area (Å²) in [5, 5.41) is 12.3. The summed E-state index contributed by atoms with van der Waals surface area (Å²) in [5.74, 6) is 0.0255. The van der Waals surface area contributed by atoms with Crippen LogP contribution in [0.3, 0.4) is 0 Å². The molecule has 2 rings (SSSR count). The summed E-state index contributed by atoms with van der Waals surface area (Å²) in [7, 11) is 1.46. The summed E-state index contributed by atoms with van der Waals surface area (Å²) in [4.78, 5) is 12.1. The maximum Gasteiger partial charge on any atom is 0.255 e. The number of ether oxygens (including phenoxy) is 1. The minimum Gasteiger partial charge on any atom is -0.504 e. The summed E-state index contributed by atoms with van der Waals surface area (Å²) in [6.07, 6.45) is 0. The van der Waals surface area contributed by atoms with Gasteiger partial charge >= 0.3 is 0 Å². The van der Waals surface area contributed by atoms with Crippen molar-refractivity contribution in [3.05, 3.63) is 47.5 Å². The highest BCUT2D eigenvalue weighted by Gasteiger charge is 2.09. The van der Waals surface area contributed by atoms with Gasteiger partial charge in [-0.15, -0.1) is 0 Å². The van der Waals surface area contributed by atoms with Gasteiger partial charge in [0.25, 0.3) is 5.91 Å². The minimum absolute atomic E-state index is 0.0336. The minimum atomic E-state index is -0.290. The number of carbonyl (C=O) groups excluding carboxylic acids is 1. The molecule has 4 N–H and O–H groups in total. The standard InChI is InChI=1S/C15H16N2O3/c1-9-3-4-10(7-12(9)16)15(19)17-11-5-6-14(20-2)13(18)8-11/h3-8,18H,16H2,1-2H3,(H,17,19). The van der Waals surface area contributed by atoms with Gasteiger partial charge in [0.1, 0.15) is 0 Å². The van der Waals surface area contributed by atoms with Crippen molar-refractivity contribution in [3.8, 4) is 11.5 Å². The van der Waals surface area contributed by atoms with E-state index >= 15 is 0 Å². The molecule has 1 amide bonds. The van der Waals surface area contributed by atoms with E-state index in [1.165, 1.54) is 13.2 Å². The number of methoxy groups -OCH3 is 1. The van der Waals surface area contributed by atoms with Crippen molar-refractivity contribution in [1.82, 2.24) is 0 Å². The Balaban J connectivity index is 2.19. The van der Waals surface area contributed by atoms with Crippen molar-refractivity contribution in [2.45, 2.75) is 6.92 Å². The van der Waals surface area contributed by atoms with Gasteiger partial charge in [-0.2, -0.15) is 0 Å². The number of benzene rings is 2. The largest absolute Gasteiger partial charge is 0.504 e. The van der Waals surface area contributed by atoms with Gasteiger partial charge in [-0.1, -0.05) is 6.07 Å². The number of hydrogen-bond acceptors (Lipinski definition) is 4. The molecule has 0 saturated heterocycles. The summed E-state index contributed by atoms with van der Waals surface area (Å²) in [5.41, 5.74) is 8.20. The van der Waals surface area contributed by atoms with E-state index in [2.05, 4.69) is 5.32 Å². The Hall–Kier alpha value is -2.69. The van der Waals surface area contributed by atoms with Crippen LogP contribution >= 0.6 is 0 Å². The average molecular weight is 272 g/mol. The van der Waals surface area contributed by atoms with Crippen LogP contribution in [0.5, 0.6) is 11.5 Å². The van der Waals surface area contributed by atoms with E-state index in [0.29, 0.717) is 22.7 Å². The number of nitrogens with two attached hydrogens (primary N) is 1. The summed E-state index contributed by atoms with van der Waals surface area (Å²) < 4.78 is 4.94. The van der Waals surface area contributed by atoms with E-state index < -0.39 is 0 Å². The van der Waals surface area contributed by atoms with Crippen molar-refractivity contribution in [2.24, 2.45) is 0 Å². The molecule has 0 spiro atoms. The molecule has 0 saturated carbocycles. The molecule has 20 heavy (non-hydrogen) atoms. The Labute approximate surface area is 117 Å². The first-order valence-electron chi connectivity index (χ1n) is 6.05. The molecule has 5 nitrogen and oxygen atoms in total. The van der Waals surface area contributed by atoms with Crippen LogP contribution in [0.1, 0.15) is 15.9 Å². The van der Waals surface area contributed by atoms with Crippen molar-refractivity contribution < 1.29 is 14.6 Å².